The van der Waals surface area contributed by atoms with Crippen LogP contribution in [-0.2, 0) is 0 Å². The number of nitrogens with zero attached hydrogens (tertiary/aromatic N) is 1. The minimum absolute atomic E-state index is 0. The fraction of sp³-hybridized carbons (Fsp3) is 0.500. The zero-order valence-corrected chi connectivity index (χ0v) is 12.5. The van der Waals surface area contributed by atoms with Crippen molar-refractivity contribution in [3.63, 3.8) is 0 Å². The maximum absolute atomic E-state index is 12.4. The lowest BCUT2D eigenvalue weighted by Crippen LogP contribution is -2.33. The SMILES string of the molecule is COc1ccc(O)c(C(=O)N2CCC(C(C)N)C2)c1.Cl. The normalized spacial score (nSPS) is 19.4. The number of carbonyl (C=O) groups is 1. The lowest BCUT2D eigenvalue weighted by Gasteiger charge is -2.19. The second-order valence-electron chi connectivity index (χ2n) is 5.04. The molecule has 3 N–H and O–H groups in total. The van der Waals surface area contributed by atoms with Gasteiger partial charge in [-0.1, -0.05) is 0 Å². The Kier molecular flexibility index (Phi) is 5.65. The predicted molar refractivity (Wildman–Crippen MR) is 79.6 cm³/mol. The van der Waals surface area contributed by atoms with Gasteiger partial charge in [-0.15, -0.1) is 12.4 Å². The van der Waals surface area contributed by atoms with Crippen molar-refractivity contribution in [1.82, 2.24) is 4.90 Å². The molecule has 0 spiro atoms. The van der Waals surface area contributed by atoms with Crippen molar-refractivity contribution in [2.24, 2.45) is 11.7 Å². The van der Waals surface area contributed by atoms with E-state index in [2.05, 4.69) is 0 Å². The van der Waals surface area contributed by atoms with Gasteiger partial charge in [-0.25, -0.2) is 0 Å². The highest BCUT2D eigenvalue weighted by Crippen LogP contribution is 2.27. The van der Waals surface area contributed by atoms with Crippen LogP contribution in [0.3, 0.4) is 0 Å². The molecule has 1 aliphatic heterocycles. The van der Waals surface area contributed by atoms with E-state index >= 15 is 0 Å². The molecule has 20 heavy (non-hydrogen) atoms. The number of amides is 1. The molecule has 0 aliphatic carbocycles. The summed E-state index contributed by atoms with van der Waals surface area (Å²) in [6, 6.07) is 4.75. The maximum atomic E-state index is 12.4. The van der Waals surface area contributed by atoms with Gasteiger partial charge in [-0.05, 0) is 37.5 Å². The van der Waals surface area contributed by atoms with Crippen LogP contribution in [0.15, 0.2) is 18.2 Å². The number of halogens is 1. The van der Waals surface area contributed by atoms with Gasteiger partial charge in [-0.3, -0.25) is 4.79 Å². The van der Waals surface area contributed by atoms with Crippen molar-refractivity contribution in [3.8, 4) is 11.5 Å². The Bertz CT molecular complexity index is 479. The summed E-state index contributed by atoms with van der Waals surface area (Å²) in [5.41, 5.74) is 6.15. The molecule has 0 aromatic heterocycles. The maximum Gasteiger partial charge on any atom is 0.257 e. The van der Waals surface area contributed by atoms with Gasteiger partial charge in [0.25, 0.3) is 5.91 Å². The van der Waals surface area contributed by atoms with Crippen LogP contribution in [-0.4, -0.2) is 42.2 Å². The Balaban J connectivity index is 0.00000200. The highest BCUT2D eigenvalue weighted by atomic mass is 35.5. The molecule has 6 heteroatoms. The van der Waals surface area contributed by atoms with Gasteiger partial charge < -0.3 is 20.5 Å². The van der Waals surface area contributed by atoms with Gasteiger partial charge in [0.05, 0.1) is 12.7 Å². The predicted octanol–water partition coefficient (Wildman–Crippen LogP) is 1.63. The molecule has 1 amide bonds. The van der Waals surface area contributed by atoms with E-state index in [1.54, 1.807) is 17.0 Å². The number of hydrogen-bond donors (Lipinski definition) is 2. The molecule has 2 rings (SSSR count). The molecule has 1 heterocycles. The molecule has 1 fully saturated rings. The molecule has 1 saturated heterocycles. The Hall–Kier alpha value is -1.46. The number of rotatable bonds is 3. The van der Waals surface area contributed by atoms with Crippen LogP contribution in [0.4, 0.5) is 0 Å². The van der Waals surface area contributed by atoms with Gasteiger partial charge in [0.2, 0.25) is 0 Å². The molecule has 0 saturated carbocycles. The van der Waals surface area contributed by atoms with E-state index in [1.807, 2.05) is 6.92 Å². The third-order valence-corrected chi connectivity index (χ3v) is 3.69. The number of benzene rings is 1. The van der Waals surface area contributed by atoms with E-state index in [0.717, 1.165) is 6.42 Å². The summed E-state index contributed by atoms with van der Waals surface area (Å²) in [4.78, 5) is 14.1. The summed E-state index contributed by atoms with van der Waals surface area (Å²) in [7, 11) is 1.53. The molecule has 0 radical (unpaired) electrons. The average molecular weight is 301 g/mol. The Morgan fingerprint density at radius 1 is 1.55 bits per heavy atom. The van der Waals surface area contributed by atoms with Gasteiger partial charge in [-0.2, -0.15) is 0 Å². The number of likely N-dealkylation sites (tertiary alicyclic amines) is 1. The van der Waals surface area contributed by atoms with E-state index in [4.69, 9.17) is 10.5 Å². The first-order chi connectivity index (χ1) is 9.02. The number of aromatic hydroxyl groups is 1. The smallest absolute Gasteiger partial charge is 0.257 e. The van der Waals surface area contributed by atoms with E-state index in [1.165, 1.54) is 13.2 Å². The van der Waals surface area contributed by atoms with Crippen molar-refractivity contribution in [2.45, 2.75) is 19.4 Å². The fourth-order valence-corrected chi connectivity index (χ4v) is 2.38. The second kappa shape index (κ2) is 6.81. The number of phenols is 1. The van der Waals surface area contributed by atoms with Crippen molar-refractivity contribution in [1.29, 1.82) is 0 Å². The summed E-state index contributed by atoms with van der Waals surface area (Å²) in [6.45, 7) is 3.29. The number of methoxy groups -OCH3 is 1. The van der Waals surface area contributed by atoms with Crippen LogP contribution in [0.5, 0.6) is 11.5 Å². The van der Waals surface area contributed by atoms with Crippen molar-refractivity contribution < 1.29 is 14.6 Å². The topological polar surface area (TPSA) is 75.8 Å². The molecular weight excluding hydrogens is 280 g/mol. The van der Waals surface area contributed by atoms with Crippen LogP contribution in [0, 0.1) is 5.92 Å². The van der Waals surface area contributed by atoms with Gasteiger partial charge >= 0.3 is 0 Å². The summed E-state index contributed by atoms with van der Waals surface area (Å²) >= 11 is 0. The standard InChI is InChI=1S/C14H20N2O3.ClH/c1-9(15)10-5-6-16(8-10)14(18)12-7-11(19-2)3-4-13(12)17;/h3-4,7,9-10,17H,5-6,8,15H2,1-2H3;1H. The molecule has 2 unspecified atom stereocenters. The molecule has 112 valence electrons. The van der Waals surface area contributed by atoms with Crippen LogP contribution >= 0.6 is 12.4 Å². The Morgan fingerprint density at radius 3 is 2.80 bits per heavy atom. The van der Waals surface area contributed by atoms with Crippen LogP contribution in [0.1, 0.15) is 23.7 Å². The van der Waals surface area contributed by atoms with Crippen LogP contribution < -0.4 is 10.5 Å². The zero-order chi connectivity index (χ0) is 14.0. The molecule has 2 atom stereocenters. The quantitative estimate of drug-likeness (QED) is 0.889. The average Bonchev–Trinajstić information content (AvgIpc) is 2.88. The number of carbonyl (C=O) groups excluding carboxylic acids is 1. The number of ether oxygens (including phenoxy) is 1. The molecule has 1 aliphatic rings. The minimum Gasteiger partial charge on any atom is -0.507 e. The van der Waals surface area contributed by atoms with Crippen LogP contribution in [0.25, 0.3) is 0 Å². The third-order valence-electron chi connectivity index (χ3n) is 3.69. The third kappa shape index (κ3) is 3.35. The van der Waals surface area contributed by atoms with E-state index in [-0.39, 0.29) is 35.7 Å². The largest absolute Gasteiger partial charge is 0.507 e. The summed E-state index contributed by atoms with van der Waals surface area (Å²) in [5, 5.41) is 9.81. The Labute approximate surface area is 125 Å². The van der Waals surface area contributed by atoms with Crippen molar-refractivity contribution in [3.05, 3.63) is 23.8 Å². The van der Waals surface area contributed by atoms with Gasteiger partial charge in [0, 0.05) is 19.1 Å². The summed E-state index contributed by atoms with van der Waals surface area (Å²) in [5.74, 6) is 0.704. The number of nitrogens with two attached hydrogens (primary N) is 1. The second-order valence-corrected chi connectivity index (χ2v) is 5.04. The first kappa shape index (κ1) is 16.6. The molecule has 0 bridgehead atoms. The van der Waals surface area contributed by atoms with Crippen molar-refractivity contribution in [2.75, 3.05) is 20.2 Å². The number of phenolic OH excluding ortho intramolecular Hbond substituents is 1. The van der Waals surface area contributed by atoms with E-state index in [0.29, 0.717) is 24.8 Å². The molecule has 1 aromatic carbocycles. The zero-order valence-electron chi connectivity index (χ0n) is 11.7. The summed E-state index contributed by atoms with van der Waals surface area (Å²) < 4.78 is 5.08. The molecular formula is C14H21ClN2O3. The van der Waals surface area contributed by atoms with Crippen LogP contribution in [0.2, 0.25) is 0 Å². The van der Waals surface area contributed by atoms with Gasteiger partial charge in [0.1, 0.15) is 11.5 Å². The Morgan fingerprint density at radius 2 is 2.25 bits per heavy atom. The lowest BCUT2D eigenvalue weighted by molar-refractivity contribution is 0.0782. The highest BCUT2D eigenvalue weighted by molar-refractivity contribution is 5.97. The first-order valence-electron chi connectivity index (χ1n) is 6.44. The fourth-order valence-electron chi connectivity index (χ4n) is 2.38. The van der Waals surface area contributed by atoms with Gasteiger partial charge in [0.15, 0.2) is 0 Å². The monoisotopic (exact) mass is 300 g/mol. The first-order valence-corrected chi connectivity index (χ1v) is 6.44. The molecule has 5 nitrogen and oxygen atoms in total. The van der Waals surface area contributed by atoms with Crippen molar-refractivity contribution >= 4 is 18.3 Å². The number of hydrogen-bond acceptors (Lipinski definition) is 4. The van der Waals surface area contributed by atoms with E-state index in [9.17, 15) is 9.90 Å². The highest BCUT2D eigenvalue weighted by Gasteiger charge is 2.30. The molecule has 1 aromatic rings. The summed E-state index contributed by atoms with van der Waals surface area (Å²) in [6.07, 6.45) is 0.911. The minimum atomic E-state index is -0.167. The lowest BCUT2D eigenvalue weighted by atomic mass is 10.0. The van der Waals surface area contributed by atoms with E-state index < -0.39 is 0 Å².